The summed E-state index contributed by atoms with van der Waals surface area (Å²) in [6.07, 6.45) is 1.57. The molecule has 0 saturated carbocycles. The maximum atomic E-state index is 11.7. The lowest BCUT2D eigenvalue weighted by Crippen LogP contribution is -2.13. The van der Waals surface area contributed by atoms with Crippen molar-refractivity contribution in [1.82, 2.24) is 4.98 Å². The number of benzene rings is 1. The molecular weight excluding hydrogens is 256 g/mol. The maximum Gasteiger partial charge on any atom is 0.357 e. The Kier molecular flexibility index (Phi) is 5.08. The lowest BCUT2D eigenvalue weighted by atomic mass is 10.2. The molecule has 0 spiro atoms. The number of nitrogens with two attached hydrogens (primary N) is 1. The van der Waals surface area contributed by atoms with Crippen LogP contribution in [0.4, 0.5) is 0 Å². The van der Waals surface area contributed by atoms with Crippen LogP contribution in [0.3, 0.4) is 0 Å². The van der Waals surface area contributed by atoms with Crippen LogP contribution in [0, 0.1) is 0 Å². The third kappa shape index (κ3) is 4.07. The first-order valence-corrected chi connectivity index (χ1v) is 6.29. The van der Waals surface area contributed by atoms with Crippen LogP contribution in [0.15, 0.2) is 48.7 Å². The summed E-state index contributed by atoms with van der Waals surface area (Å²) in [5.41, 5.74) is 6.59. The monoisotopic (exact) mass is 272 g/mol. The Hall–Kier alpha value is -2.40. The van der Waals surface area contributed by atoms with E-state index < -0.39 is 5.97 Å². The first kappa shape index (κ1) is 14.0. The van der Waals surface area contributed by atoms with E-state index in [-0.39, 0.29) is 12.3 Å². The van der Waals surface area contributed by atoms with Crippen molar-refractivity contribution >= 4 is 5.97 Å². The molecule has 0 bridgehead atoms. The molecule has 5 nitrogen and oxygen atoms in total. The van der Waals surface area contributed by atoms with Crippen LogP contribution >= 0.6 is 0 Å². The predicted molar refractivity (Wildman–Crippen MR) is 74.3 cm³/mol. The second-order valence-corrected chi connectivity index (χ2v) is 4.05. The maximum absolute atomic E-state index is 11.7. The normalized spacial score (nSPS) is 10.1. The van der Waals surface area contributed by atoms with Crippen molar-refractivity contribution < 1.29 is 14.3 Å². The molecule has 1 aromatic carbocycles. The zero-order valence-corrected chi connectivity index (χ0v) is 11.0. The molecule has 0 radical (unpaired) electrons. The minimum Gasteiger partial charge on any atom is -0.490 e. The first-order valence-electron chi connectivity index (χ1n) is 6.29. The molecule has 1 heterocycles. The van der Waals surface area contributed by atoms with Crippen LogP contribution < -0.4 is 10.5 Å². The van der Waals surface area contributed by atoms with Crippen molar-refractivity contribution in [3.05, 3.63) is 59.9 Å². The van der Waals surface area contributed by atoms with E-state index in [1.807, 2.05) is 30.3 Å². The van der Waals surface area contributed by atoms with Crippen molar-refractivity contribution in [2.45, 2.75) is 6.54 Å². The number of nitrogens with zero attached hydrogens (tertiary/aromatic N) is 1. The molecule has 2 N–H and O–H groups in total. The molecule has 2 rings (SSSR count). The quantitative estimate of drug-likeness (QED) is 0.641. The van der Waals surface area contributed by atoms with Crippen molar-refractivity contribution in [3.63, 3.8) is 0 Å². The summed E-state index contributed by atoms with van der Waals surface area (Å²) in [6.45, 7) is 0.873. The van der Waals surface area contributed by atoms with Gasteiger partial charge in [-0.15, -0.1) is 0 Å². The molecule has 1 aromatic heterocycles. The summed E-state index contributed by atoms with van der Waals surface area (Å²) in [6, 6.07) is 12.7. The van der Waals surface area contributed by atoms with Crippen LogP contribution in [0.5, 0.6) is 5.75 Å². The van der Waals surface area contributed by atoms with Gasteiger partial charge in [-0.1, -0.05) is 24.3 Å². The molecule has 2 aromatic rings. The topological polar surface area (TPSA) is 74.4 Å². The molecule has 0 amide bonds. The minimum atomic E-state index is -0.467. The Bertz CT molecular complexity index is 541. The van der Waals surface area contributed by atoms with Gasteiger partial charge in [-0.2, -0.15) is 0 Å². The number of rotatable bonds is 6. The van der Waals surface area contributed by atoms with Crippen molar-refractivity contribution in [3.8, 4) is 5.75 Å². The van der Waals surface area contributed by atoms with E-state index in [1.54, 1.807) is 18.3 Å². The summed E-state index contributed by atoms with van der Waals surface area (Å²) in [7, 11) is 0. The van der Waals surface area contributed by atoms with E-state index in [1.165, 1.54) is 0 Å². The van der Waals surface area contributed by atoms with Gasteiger partial charge in [0.2, 0.25) is 0 Å². The number of para-hydroxylation sites is 1. The van der Waals surface area contributed by atoms with Gasteiger partial charge < -0.3 is 15.2 Å². The highest BCUT2D eigenvalue weighted by Gasteiger charge is 2.08. The highest BCUT2D eigenvalue weighted by molar-refractivity contribution is 5.87. The second kappa shape index (κ2) is 7.25. The summed E-state index contributed by atoms with van der Waals surface area (Å²) in [5.74, 6) is 0.277. The fourth-order valence-corrected chi connectivity index (χ4v) is 1.55. The number of carbonyl (C=O) groups excluding carboxylic acids is 1. The molecule has 0 atom stereocenters. The van der Waals surface area contributed by atoms with Crippen LogP contribution in [-0.4, -0.2) is 24.2 Å². The van der Waals surface area contributed by atoms with Crippen LogP contribution in [0.1, 0.15) is 16.1 Å². The molecule has 0 aliphatic rings. The Morgan fingerprint density at radius 2 is 1.90 bits per heavy atom. The molecular formula is C15H16N2O3. The number of carbonyl (C=O) groups is 1. The molecule has 0 fully saturated rings. The molecule has 0 aliphatic carbocycles. The molecule has 0 unspecified atom stereocenters. The van der Waals surface area contributed by atoms with Gasteiger partial charge in [0.15, 0.2) is 0 Å². The van der Waals surface area contributed by atoms with E-state index in [2.05, 4.69) is 4.98 Å². The van der Waals surface area contributed by atoms with Gasteiger partial charge in [-0.25, -0.2) is 9.78 Å². The van der Waals surface area contributed by atoms with E-state index >= 15 is 0 Å². The SMILES string of the molecule is NCc1ccc(C(=O)OCCOc2ccccc2)nc1. The molecule has 0 saturated heterocycles. The van der Waals surface area contributed by atoms with Crippen molar-refractivity contribution in [2.24, 2.45) is 5.73 Å². The zero-order chi connectivity index (χ0) is 14.2. The summed E-state index contributed by atoms with van der Waals surface area (Å²) >= 11 is 0. The fraction of sp³-hybridized carbons (Fsp3) is 0.200. The molecule has 104 valence electrons. The summed E-state index contributed by atoms with van der Waals surface area (Å²) in [5, 5.41) is 0. The van der Waals surface area contributed by atoms with Crippen LogP contribution in [0.2, 0.25) is 0 Å². The summed E-state index contributed by atoms with van der Waals surface area (Å²) in [4.78, 5) is 15.7. The highest BCUT2D eigenvalue weighted by atomic mass is 16.6. The van der Waals surface area contributed by atoms with Gasteiger partial charge in [0.1, 0.15) is 24.7 Å². The number of aromatic nitrogens is 1. The number of hydrogen-bond donors (Lipinski definition) is 1. The highest BCUT2D eigenvalue weighted by Crippen LogP contribution is 2.08. The Morgan fingerprint density at radius 3 is 2.55 bits per heavy atom. The van der Waals surface area contributed by atoms with E-state index in [0.29, 0.717) is 13.2 Å². The van der Waals surface area contributed by atoms with Crippen LogP contribution in [0.25, 0.3) is 0 Å². The van der Waals surface area contributed by atoms with Gasteiger partial charge >= 0.3 is 5.97 Å². The Balaban J connectivity index is 1.74. The first-order chi connectivity index (χ1) is 9.79. The fourth-order valence-electron chi connectivity index (χ4n) is 1.55. The van der Waals surface area contributed by atoms with Gasteiger partial charge in [-0.3, -0.25) is 0 Å². The molecule has 5 heteroatoms. The Morgan fingerprint density at radius 1 is 1.10 bits per heavy atom. The van der Waals surface area contributed by atoms with Gasteiger partial charge in [0, 0.05) is 12.7 Å². The Labute approximate surface area is 117 Å². The molecule has 0 aliphatic heterocycles. The predicted octanol–water partition coefficient (Wildman–Crippen LogP) is 1.78. The van der Waals surface area contributed by atoms with E-state index in [9.17, 15) is 4.79 Å². The lowest BCUT2D eigenvalue weighted by molar-refractivity contribution is 0.0443. The second-order valence-electron chi connectivity index (χ2n) is 4.05. The third-order valence-electron chi connectivity index (χ3n) is 2.60. The van der Waals surface area contributed by atoms with E-state index in [0.717, 1.165) is 11.3 Å². The average Bonchev–Trinajstić information content (AvgIpc) is 2.52. The van der Waals surface area contributed by atoms with Crippen molar-refractivity contribution in [2.75, 3.05) is 13.2 Å². The largest absolute Gasteiger partial charge is 0.490 e. The standard InChI is InChI=1S/C15H16N2O3/c16-10-12-6-7-14(17-11-12)15(18)20-9-8-19-13-4-2-1-3-5-13/h1-7,11H,8-10,16H2. The lowest BCUT2D eigenvalue weighted by Gasteiger charge is -2.07. The average molecular weight is 272 g/mol. The number of hydrogen-bond acceptors (Lipinski definition) is 5. The number of ether oxygens (including phenoxy) is 2. The van der Waals surface area contributed by atoms with Crippen LogP contribution in [-0.2, 0) is 11.3 Å². The zero-order valence-electron chi connectivity index (χ0n) is 11.0. The van der Waals surface area contributed by atoms with E-state index in [4.69, 9.17) is 15.2 Å². The van der Waals surface area contributed by atoms with Gasteiger partial charge in [-0.05, 0) is 23.8 Å². The summed E-state index contributed by atoms with van der Waals surface area (Å²) < 4.78 is 10.5. The molecule has 20 heavy (non-hydrogen) atoms. The number of pyridine rings is 1. The van der Waals surface area contributed by atoms with Gasteiger partial charge in [0.05, 0.1) is 0 Å². The van der Waals surface area contributed by atoms with Crippen molar-refractivity contribution in [1.29, 1.82) is 0 Å². The van der Waals surface area contributed by atoms with Gasteiger partial charge in [0.25, 0.3) is 0 Å². The number of esters is 1. The minimum absolute atomic E-state index is 0.175. The third-order valence-corrected chi connectivity index (χ3v) is 2.60. The smallest absolute Gasteiger partial charge is 0.357 e.